The van der Waals surface area contributed by atoms with Gasteiger partial charge in [-0.25, -0.2) is 4.79 Å². The Morgan fingerprint density at radius 1 is 1.10 bits per heavy atom. The Morgan fingerprint density at radius 3 is 2.34 bits per heavy atom. The molecule has 1 amide bonds. The number of anilines is 1. The zero-order valence-electron chi connectivity index (χ0n) is 17.6. The number of para-hydroxylation sites is 1. The fourth-order valence-corrected chi connectivity index (χ4v) is 2.98. The van der Waals surface area contributed by atoms with E-state index in [1.807, 2.05) is 32.0 Å². The Balaban J connectivity index is 2.27. The van der Waals surface area contributed by atoms with Gasteiger partial charge in [-0.05, 0) is 45.2 Å². The number of rotatable bonds is 8. The molecular weight excluding hydrogens is 374 g/mol. The summed E-state index contributed by atoms with van der Waals surface area (Å²) in [6.07, 6.45) is -0.865. The number of carbonyl (C=O) groups excluding carboxylic acids is 3. The van der Waals surface area contributed by atoms with Crippen LogP contribution in [-0.2, 0) is 9.53 Å². The van der Waals surface area contributed by atoms with E-state index in [0.717, 1.165) is 5.56 Å². The molecule has 2 aromatic rings. The smallest absolute Gasteiger partial charge is 0.344 e. The van der Waals surface area contributed by atoms with E-state index < -0.39 is 18.0 Å². The summed E-state index contributed by atoms with van der Waals surface area (Å²) in [4.78, 5) is 37.0. The van der Waals surface area contributed by atoms with Crippen LogP contribution in [0, 0.1) is 6.92 Å². The van der Waals surface area contributed by atoms with Crippen LogP contribution in [0.4, 0.5) is 5.88 Å². The summed E-state index contributed by atoms with van der Waals surface area (Å²) in [6.45, 7) is 10.3. The number of amides is 1. The molecule has 0 aliphatic rings. The molecular formula is C22H27NO6. The van der Waals surface area contributed by atoms with Crippen molar-refractivity contribution in [1.29, 1.82) is 0 Å². The highest BCUT2D eigenvalue weighted by Gasteiger charge is 2.30. The highest BCUT2D eigenvalue weighted by Crippen LogP contribution is 2.30. The molecule has 0 fully saturated rings. The summed E-state index contributed by atoms with van der Waals surface area (Å²) in [5.41, 5.74) is 0.990. The van der Waals surface area contributed by atoms with Gasteiger partial charge in [-0.15, -0.1) is 0 Å². The van der Waals surface area contributed by atoms with Crippen LogP contribution in [-0.4, -0.2) is 30.4 Å². The summed E-state index contributed by atoms with van der Waals surface area (Å²) in [7, 11) is 0. The van der Waals surface area contributed by atoms with Crippen molar-refractivity contribution in [3.05, 3.63) is 46.7 Å². The molecule has 1 atom stereocenters. The first-order valence-corrected chi connectivity index (χ1v) is 9.55. The number of Topliss-reactive ketones (excluding diaryl/α,β-unsaturated/α-hetero) is 1. The number of aryl methyl sites for hydroxylation is 1. The zero-order valence-corrected chi connectivity index (χ0v) is 17.6. The third-order valence-corrected chi connectivity index (χ3v) is 4.37. The predicted molar refractivity (Wildman–Crippen MR) is 109 cm³/mol. The number of furan rings is 1. The molecule has 1 aromatic carbocycles. The summed E-state index contributed by atoms with van der Waals surface area (Å²) in [5, 5.41) is 2.55. The molecule has 0 radical (unpaired) electrons. The quantitative estimate of drug-likeness (QED) is 0.517. The van der Waals surface area contributed by atoms with E-state index in [-0.39, 0.29) is 41.1 Å². The lowest BCUT2D eigenvalue weighted by Gasteiger charge is -2.18. The third kappa shape index (κ3) is 5.04. The monoisotopic (exact) mass is 401 g/mol. The lowest BCUT2D eigenvalue weighted by molar-refractivity contribution is -0.122. The van der Waals surface area contributed by atoms with Gasteiger partial charge < -0.3 is 13.9 Å². The van der Waals surface area contributed by atoms with Gasteiger partial charge in [0, 0.05) is 0 Å². The van der Waals surface area contributed by atoms with Gasteiger partial charge in [0.25, 0.3) is 5.91 Å². The average Bonchev–Trinajstić information content (AvgIpc) is 2.98. The first kappa shape index (κ1) is 22.2. The molecule has 156 valence electrons. The van der Waals surface area contributed by atoms with Crippen molar-refractivity contribution in [2.75, 3.05) is 11.9 Å². The molecule has 7 nitrogen and oxygen atoms in total. The van der Waals surface area contributed by atoms with Crippen LogP contribution in [0.3, 0.4) is 0 Å². The number of ketones is 1. The third-order valence-electron chi connectivity index (χ3n) is 4.37. The molecule has 29 heavy (non-hydrogen) atoms. The number of hydrogen-bond donors (Lipinski definition) is 1. The van der Waals surface area contributed by atoms with Crippen LogP contribution in [0.2, 0.25) is 0 Å². The van der Waals surface area contributed by atoms with Crippen molar-refractivity contribution >= 4 is 23.5 Å². The fourth-order valence-electron chi connectivity index (χ4n) is 2.98. The second kappa shape index (κ2) is 9.41. The highest BCUT2D eigenvalue weighted by atomic mass is 16.5. The number of ether oxygens (including phenoxy) is 2. The molecule has 1 aromatic heterocycles. The molecule has 1 unspecified atom stereocenters. The van der Waals surface area contributed by atoms with Crippen LogP contribution in [0.15, 0.2) is 28.7 Å². The molecule has 0 aliphatic carbocycles. The zero-order chi connectivity index (χ0) is 21.7. The van der Waals surface area contributed by atoms with Crippen molar-refractivity contribution in [1.82, 2.24) is 0 Å². The average molecular weight is 401 g/mol. The second-order valence-corrected chi connectivity index (χ2v) is 6.96. The standard InChI is InChI=1S/C22H27NO6/c1-7-27-22(26)19-18(13(4)24)14(5)29-21(19)23-20(25)15(6)28-17-11-9-8-10-16(17)12(2)3/h8-12,15H,7H2,1-6H3,(H,23,25). The minimum absolute atomic E-state index is 0.0834. The molecule has 1 heterocycles. The van der Waals surface area contributed by atoms with E-state index in [1.54, 1.807) is 26.8 Å². The van der Waals surface area contributed by atoms with E-state index in [2.05, 4.69) is 5.32 Å². The van der Waals surface area contributed by atoms with E-state index in [9.17, 15) is 14.4 Å². The van der Waals surface area contributed by atoms with Crippen molar-refractivity contribution in [2.45, 2.75) is 53.6 Å². The van der Waals surface area contributed by atoms with Gasteiger partial charge in [0.1, 0.15) is 17.1 Å². The van der Waals surface area contributed by atoms with E-state index in [4.69, 9.17) is 13.9 Å². The maximum absolute atomic E-state index is 12.7. The van der Waals surface area contributed by atoms with Crippen molar-refractivity contribution in [3.63, 3.8) is 0 Å². The first-order chi connectivity index (χ1) is 13.7. The molecule has 0 bridgehead atoms. The second-order valence-electron chi connectivity index (χ2n) is 6.96. The minimum Gasteiger partial charge on any atom is -0.481 e. The number of hydrogen-bond acceptors (Lipinski definition) is 6. The fraction of sp³-hybridized carbons (Fsp3) is 0.409. The van der Waals surface area contributed by atoms with Gasteiger partial charge in [-0.3, -0.25) is 14.9 Å². The Hall–Kier alpha value is -3.09. The van der Waals surface area contributed by atoms with E-state index >= 15 is 0 Å². The van der Waals surface area contributed by atoms with Gasteiger partial charge in [0.15, 0.2) is 11.9 Å². The molecule has 0 spiro atoms. The molecule has 1 N–H and O–H groups in total. The van der Waals surface area contributed by atoms with Crippen molar-refractivity contribution < 1.29 is 28.3 Å². The van der Waals surface area contributed by atoms with Crippen LogP contribution >= 0.6 is 0 Å². The highest BCUT2D eigenvalue weighted by molar-refractivity contribution is 6.11. The normalized spacial score (nSPS) is 11.8. The van der Waals surface area contributed by atoms with Crippen molar-refractivity contribution in [3.8, 4) is 5.75 Å². The maximum atomic E-state index is 12.7. The summed E-state index contributed by atoms with van der Waals surface area (Å²) in [5.74, 6) is -0.664. The molecule has 0 aliphatic heterocycles. The maximum Gasteiger partial charge on any atom is 0.344 e. The van der Waals surface area contributed by atoms with Crippen molar-refractivity contribution in [2.24, 2.45) is 0 Å². The number of carbonyl (C=O) groups is 3. The number of nitrogens with one attached hydrogen (secondary N) is 1. The number of esters is 1. The van der Waals surface area contributed by atoms with E-state index in [0.29, 0.717) is 5.75 Å². The first-order valence-electron chi connectivity index (χ1n) is 9.55. The summed E-state index contributed by atoms with van der Waals surface area (Å²) >= 11 is 0. The van der Waals surface area contributed by atoms with Gasteiger partial charge in [-0.2, -0.15) is 0 Å². The Kier molecular flexibility index (Phi) is 7.20. The SMILES string of the molecule is CCOC(=O)c1c(NC(=O)C(C)Oc2ccccc2C(C)C)oc(C)c1C(C)=O. The Bertz CT molecular complexity index is 912. The lowest BCUT2D eigenvalue weighted by Crippen LogP contribution is -2.31. The van der Waals surface area contributed by atoms with Crippen LogP contribution in [0.5, 0.6) is 5.75 Å². The van der Waals surface area contributed by atoms with Gasteiger partial charge in [-0.1, -0.05) is 32.0 Å². The van der Waals surface area contributed by atoms with Crippen LogP contribution < -0.4 is 10.1 Å². The van der Waals surface area contributed by atoms with Gasteiger partial charge in [0.05, 0.1) is 12.2 Å². The van der Waals surface area contributed by atoms with Gasteiger partial charge in [0.2, 0.25) is 5.88 Å². The van der Waals surface area contributed by atoms with Gasteiger partial charge >= 0.3 is 5.97 Å². The summed E-state index contributed by atoms with van der Waals surface area (Å²) < 4.78 is 16.4. The minimum atomic E-state index is -0.865. The van der Waals surface area contributed by atoms with Crippen LogP contribution in [0.25, 0.3) is 0 Å². The number of benzene rings is 1. The lowest BCUT2D eigenvalue weighted by atomic mass is 10.0. The molecule has 0 saturated carbocycles. The van der Waals surface area contributed by atoms with Crippen LogP contribution in [0.1, 0.15) is 72.6 Å². The largest absolute Gasteiger partial charge is 0.481 e. The Labute approximate surface area is 170 Å². The topological polar surface area (TPSA) is 94.8 Å². The van der Waals surface area contributed by atoms with E-state index in [1.165, 1.54) is 6.92 Å². The predicted octanol–water partition coefficient (Wildman–Crippen LogP) is 4.50. The summed E-state index contributed by atoms with van der Waals surface area (Å²) in [6, 6.07) is 7.49. The molecule has 2 rings (SSSR count). The molecule has 0 saturated heterocycles. The molecule has 7 heteroatoms. The Morgan fingerprint density at radius 2 is 1.76 bits per heavy atom.